The largest absolute Gasteiger partial charge is 0.310 e. The second kappa shape index (κ2) is 15.0. The monoisotopic (exact) mass is 725 g/mol. The Balaban J connectivity index is 1.06. The van der Waals surface area contributed by atoms with Crippen molar-refractivity contribution in [3.8, 4) is 55.6 Å². The molecule has 10 rings (SSSR count). The first-order valence-corrected chi connectivity index (χ1v) is 19.6. The fraction of sp³-hybridized carbons (Fsp3) is 0. The van der Waals surface area contributed by atoms with Gasteiger partial charge in [0.05, 0.1) is 0 Å². The summed E-state index contributed by atoms with van der Waals surface area (Å²) in [5, 5.41) is 5.00. The van der Waals surface area contributed by atoms with E-state index >= 15 is 0 Å². The Morgan fingerprint density at radius 1 is 0.228 bits per heavy atom. The van der Waals surface area contributed by atoms with Gasteiger partial charge in [-0.3, -0.25) is 0 Å². The summed E-state index contributed by atoms with van der Waals surface area (Å²) < 4.78 is 0. The second-order valence-electron chi connectivity index (χ2n) is 14.5. The predicted octanol–water partition coefficient (Wildman–Crippen LogP) is 15.8. The zero-order valence-electron chi connectivity index (χ0n) is 31.5. The molecule has 0 atom stereocenters. The van der Waals surface area contributed by atoms with Gasteiger partial charge in [0.2, 0.25) is 0 Å². The Labute approximate surface area is 334 Å². The summed E-state index contributed by atoms with van der Waals surface area (Å²) in [6.07, 6.45) is 0. The molecule has 1 nitrogen and oxygen atoms in total. The van der Waals surface area contributed by atoms with Crippen LogP contribution in [0.3, 0.4) is 0 Å². The highest BCUT2D eigenvalue weighted by atomic mass is 15.1. The topological polar surface area (TPSA) is 3.24 Å². The molecule has 0 heterocycles. The van der Waals surface area contributed by atoms with Crippen LogP contribution in [0.25, 0.3) is 77.2 Å². The molecule has 0 saturated heterocycles. The van der Waals surface area contributed by atoms with Crippen LogP contribution < -0.4 is 4.90 Å². The first kappa shape index (κ1) is 34.0. The van der Waals surface area contributed by atoms with Gasteiger partial charge in [-0.25, -0.2) is 0 Å². The van der Waals surface area contributed by atoms with Gasteiger partial charge in [-0.05, 0) is 120 Å². The van der Waals surface area contributed by atoms with Crippen LogP contribution in [0.2, 0.25) is 0 Å². The minimum absolute atomic E-state index is 1.09. The lowest BCUT2D eigenvalue weighted by molar-refractivity contribution is 1.28. The molecule has 0 aromatic heterocycles. The van der Waals surface area contributed by atoms with E-state index in [1.54, 1.807) is 0 Å². The molecule has 0 fully saturated rings. The van der Waals surface area contributed by atoms with E-state index in [2.05, 4.69) is 241 Å². The van der Waals surface area contributed by atoms with Gasteiger partial charge in [0, 0.05) is 17.1 Å². The van der Waals surface area contributed by atoms with Crippen molar-refractivity contribution in [2.45, 2.75) is 0 Å². The van der Waals surface area contributed by atoms with Gasteiger partial charge in [-0.2, -0.15) is 0 Å². The summed E-state index contributed by atoms with van der Waals surface area (Å²) >= 11 is 0. The van der Waals surface area contributed by atoms with Gasteiger partial charge in [0.15, 0.2) is 0 Å². The van der Waals surface area contributed by atoms with Crippen LogP contribution in [0, 0.1) is 0 Å². The first-order valence-electron chi connectivity index (χ1n) is 19.6. The van der Waals surface area contributed by atoms with Crippen molar-refractivity contribution >= 4 is 38.6 Å². The molecule has 0 aliphatic rings. The molecule has 0 aliphatic carbocycles. The van der Waals surface area contributed by atoms with Gasteiger partial charge in [-0.15, -0.1) is 0 Å². The van der Waals surface area contributed by atoms with Crippen LogP contribution in [0.15, 0.2) is 237 Å². The van der Waals surface area contributed by atoms with Gasteiger partial charge in [0.1, 0.15) is 0 Å². The van der Waals surface area contributed by atoms with Crippen molar-refractivity contribution in [1.82, 2.24) is 0 Å². The van der Waals surface area contributed by atoms with Crippen LogP contribution >= 0.6 is 0 Å². The summed E-state index contributed by atoms with van der Waals surface area (Å²) in [7, 11) is 0. The lowest BCUT2D eigenvalue weighted by Crippen LogP contribution is -2.10. The SMILES string of the molecule is c1ccc(-c2cccc(N(c3ccc(-c4cccc(-c5cccc6ccccc56)c4)cc3)c3ccc(-c4c(-c5ccccc5)ccc5ccccc45)cc3)c2)cc1. The van der Waals surface area contributed by atoms with Crippen LogP contribution in [0.4, 0.5) is 17.1 Å². The third kappa shape index (κ3) is 6.66. The number of hydrogen-bond acceptors (Lipinski definition) is 1. The van der Waals surface area contributed by atoms with Crippen molar-refractivity contribution in [3.05, 3.63) is 237 Å². The fourth-order valence-electron chi connectivity index (χ4n) is 8.27. The van der Waals surface area contributed by atoms with Crippen molar-refractivity contribution in [1.29, 1.82) is 0 Å². The van der Waals surface area contributed by atoms with Crippen molar-refractivity contribution in [2.75, 3.05) is 4.90 Å². The minimum atomic E-state index is 1.09. The third-order valence-electron chi connectivity index (χ3n) is 11.1. The molecule has 268 valence electrons. The number of hydrogen-bond donors (Lipinski definition) is 0. The number of anilines is 3. The van der Waals surface area contributed by atoms with Crippen molar-refractivity contribution in [3.63, 3.8) is 0 Å². The van der Waals surface area contributed by atoms with E-state index in [9.17, 15) is 0 Å². The molecule has 0 radical (unpaired) electrons. The van der Waals surface area contributed by atoms with E-state index in [4.69, 9.17) is 0 Å². The lowest BCUT2D eigenvalue weighted by atomic mass is 9.89. The zero-order chi connectivity index (χ0) is 38.0. The number of benzene rings is 10. The maximum atomic E-state index is 2.37. The summed E-state index contributed by atoms with van der Waals surface area (Å²) in [5.74, 6) is 0. The first-order chi connectivity index (χ1) is 28.3. The number of nitrogens with zero attached hydrogens (tertiary/aromatic N) is 1. The van der Waals surface area contributed by atoms with Crippen LogP contribution in [0.5, 0.6) is 0 Å². The molecule has 10 aromatic carbocycles. The summed E-state index contributed by atoms with van der Waals surface area (Å²) in [6.45, 7) is 0. The highest BCUT2D eigenvalue weighted by Crippen LogP contribution is 2.42. The highest BCUT2D eigenvalue weighted by Gasteiger charge is 2.17. The Bertz CT molecular complexity index is 2980. The van der Waals surface area contributed by atoms with E-state index < -0.39 is 0 Å². The highest BCUT2D eigenvalue weighted by molar-refractivity contribution is 6.04. The Morgan fingerprint density at radius 3 is 1.44 bits per heavy atom. The summed E-state index contributed by atoms with van der Waals surface area (Å²) in [6, 6.07) is 85.6. The molecule has 0 unspecified atom stereocenters. The Hall–Kier alpha value is -7.48. The van der Waals surface area contributed by atoms with Crippen LogP contribution in [-0.4, -0.2) is 0 Å². The molecular weight excluding hydrogens is 687 g/mol. The van der Waals surface area contributed by atoms with Crippen molar-refractivity contribution < 1.29 is 0 Å². The minimum Gasteiger partial charge on any atom is -0.310 e. The maximum Gasteiger partial charge on any atom is 0.0467 e. The summed E-state index contributed by atoms with van der Waals surface area (Å²) in [4.78, 5) is 2.37. The number of rotatable bonds is 8. The van der Waals surface area contributed by atoms with Crippen molar-refractivity contribution in [2.24, 2.45) is 0 Å². The van der Waals surface area contributed by atoms with E-state index in [-0.39, 0.29) is 0 Å². The number of fused-ring (bicyclic) bond motifs is 2. The zero-order valence-corrected chi connectivity index (χ0v) is 31.5. The summed E-state index contributed by atoms with van der Waals surface area (Å²) in [5.41, 5.74) is 15.4. The fourth-order valence-corrected chi connectivity index (χ4v) is 8.27. The van der Waals surface area contributed by atoms with E-state index in [0.29, 0.717) is 0 Å². The Morgan fingerprint density at radius 2 is 0.719 bits per heavy atom. The average Bonchev–Trinajstić information content (AvgIpc) is 3.30. The van der Waals surface area contributed by atoms with Gasteiger partial charge >= 0.3 is 0 Å². The lowest BCUT2D eigenvalue weighted by Gasteiger charge is -2.27. The van der Waals surface area contributed by atoms with Gasteiger partial charge in [0.25, 0.3) is 0 Å². The smallest absolute Gasteiger partial charge is 0.0467 e. The van der Waals surface area contributed by atoms with Gasteiger partial charge in [-0.1, -0.05) is 194 Å². The van der Waals surface area contributed by atoms with Crippen LogP contribution in [0.1, 0.15) is 0 Å². The average molecular weight is 726 g/mol. The molecule has 0 amide bonds. The van der Waals surface area contributed by atoms with E-state index in [1.807, 2.05) is 0 Å². The molecule has 0 spiro atoms. The van der Waals surface area contributed by atoms with Gasteiger partial charge < -0.3 is 4.90 Å². The Kier molecular flexibility index (Phi) is 8.95. The predicted molar refractivity (Wildman–Crippen MR) is 243 cm³/mol. The maximum absolute atomic E-state index is 2.37. The second-order valence-corrected chi connectivity index (χ2v) is 14.5. The van der Waals surface area contributed by atoms with E-state index in [0.717, 1.165) is 17.1 Å². The molecule has 0 saturated carbocycles. The molecule has 0 N–H and O–H groups in total. The molecular formula is C56H39N. The molecule has 10 aromatic rings. The quantitative estimate of drug-likeness (QED) is 0.151. The molecule has 1 heteroatoms. The molecule has 57 heavy (non-hydrogen) atoms. The van der Waals surface area contributed by atoms with Crippen LogP contribution in [-0.2, 0) is 0 Å². The molecule has 0 aliphatic heterocycles. The van der Waals surface area contributed by atoms with E-state index in [1.165, 1.54) is 77.2 Å². The standard InChI is InChI=1S/C56H39N/c1-3-14-40(15-4-1)47-22-12-24-51(39-47)57(49-33-28-41(29-34-49)46-21-11-23-48(38-46)53-27-13-20-42-18-7-9-25-52(42)53)50-35-30-45(31-36-50)56-54-26-10-8-19-44(54)32-37-55(56)43-16-5-2-6-17-43/h1-39H. The third-order valence-corrected chi connectivity index (χ3v) is 11.1. The molecule has 0 bridgehead atoms. The normalized spacial score (nSPS) is 11.2.